The first-order valence-electron chi connectivity index (χ1n) is 6.79. The Labute approximate surface area is 127 Å². The van der Waals surface area contributed by atoms with Gasteiger partial charge in [-0.15, -0.1) is 11.3 Å². The molecule has 0 aliphatic rings. The van der Waals surface area contributed by atoms with Gasteiger partial charge in [-0.2, -0.15) is 4.98 Å². The molecule has 5 heteroatoms. The van der Waals surface area contributed by atoms with Crippen molar-refractivity contribution >= 4 is 22.6 Å². The summed E-state index contributed by atoms with van der Waals surface area (Å²) in [5.74, 6) is 1.53. The van der Waals surface area contributed by atoms with Crippen LogP contribution >= 0.6 is 11.3 Å². The first-order valence-corrected chi connectivity index (χ1v) is 7.67. The number of hydrogen-bond donors (Lipinski definition) is 0. The number of aromatic nitrogens is 2. The van der Waals surface area contributed by atoms with Gasteiger partial charge < -0.3 is 4.74 Å². The van der Waals surface area contributed by atoms with E-state index in [9.17, 15) is 4.79 Å². The van der Waals surface area contributed by atoms with Crippen molar-refractivity contribution in [3.63, 3.8) is 0 Å². The molecule has 0 aliphatic carbocycles. The molecule has 0 aliphatic heterocycles. The number of carbonyl (C=O) groups excluding carboxylic acids is 1. The summed E-state index contributed by atoms with van der Waals surface area (Å²) in [6.45, 7) is 6.39. The summed E-state index contributed by atoms with van der Waals surface area (Å²) < 4.78 is 7.54. The molecule has 108 valence electrons. The van der Waals surface area contributed by atoms with E-state index in [2.05, 4.69) is 31.8 Å². The quantitative estimate of drug-likeness (QED) is 0.669. The highest BCUT2D eigenvalue weighted by atomic mass is 32.1. The Morgan fingerprint density at radius 2 is 2.19 bits per heavy atom. The van der Waals surface area contributed by atoms with Crippen LogP contribution in [0, 0.1) is 6.92 Å². The highest BCUT2D eigenvalue weighted by Gasteiger charge is 2.15. The highest BCUT2D eigenvalue weighted by molar-refractivity contribution is 7.15. The lowest BCUT2D eigenvalue weighted by Crippen LogP contribution is -1.95. The van der Waals surface area contributed by atoms with Crippen LogP contribution in [-0.4, -0.2) is 15.7 Å². The number of fused-ring (bicyclic) bond motifs is 1. The molecule has 0 N–H and O–H groups in total. The van der Waals surface area contributed by atoms with Crippen molar-refractivity contribution in [2.24, 2.45) is 0 Å². The number of benzene rings is 1. The van der Waals surface area contributed by atoms with Gasteiger partial charge in [0.25, 0.3) is 0 Å². The number of ether oxygens (including phenoxy) is 1. The van der Waals surface area contributed by atoms with E-state index in [1.807, 2.05) is 23.7 Å². The van der Waals surface area contributed by atoms with E-state index in [1.165, 1.54) is 22.5 Å². The van der Waals surface area contributed by atoms with Gasteiger partial charge in [0.2, 0.25) is 5.88 Å². The van der Waals surface area contributed by atoms with Crippen molar-refractivity contribution in [3.8, 4) is 11.6 Å². The normalized spacial score (nSPS) is 11.2. The molecule has 3 aromatic rings. The van der Waals surface area contributed by atoms with E-state index >= 15 is 0 Å². The molecule has 0 saturated carbocycles. The average Bonchev–Trinajstić information content (AvgIpc) is 2.98. The third-order valence-electron chi connectivity index (χ3n) is 3.45. The van der Waals surface area contributed by atoms with Crippen molar-refractivity contribution in [3.05, 3.63) is 46.6 Å². The van der Waals surface area contributed by atoms with E-state index in [0.29, 0.717) is 23.2 Å². The number of thiazole rings is 1. The Kier molecular flexibility index (Phi) is 3.51. The lowest BCUT2D eigenvalue weighted by Gasteiger charge is -2.11. The lowest BCUT2D eigenvalue weighted by atomic mass is 9.98. The van der Waals surface area contributed by atoms with Crippen LogP contribution in [0.15, 0.2) is 29.8 Å². The number of hydrogen-bond acceptors (Lipinski definition) is 4. The maximum Gasteiger partial charge on any atom is 0.250 e. The van der Waals surface area contributed by atoms with Crippen molar-refractivity contribution < 1.29 is 9.53 Å². The van der Waals surface area contributed by atoms with Crippen molar-refractivity contribution in [2.45, 2.75) is 26.7 Å². The minimum atomic E-state index is 0.355. The minimum absolute atomic E-state index is 0.355. The monoisotopic (exact) mass is 300 g/mol. The third kappa shape index (κ3) is 2.45. The molecule has 0 radical (unpaired) electrons. The second-order valence-electron chi connectivity index (χ2n) is 5.25. The van der Waals surface area contributed by atoms with Gasteiger partial charge in [0.15, 0.2) is 16.9 Å². The van der Waals surface area contributed by atoms with Gasteiger partial charge in [-0.3, -0.25) is 9.20 Å². The molecular weight excluding hydrogens is 284 g/mol. The molecule has 0 fully saturated rings. The summed E-state index contributed by atoms with van der Waals surface area (Å²) in [6.07, 6.45) is 2.59. The Hall–Kier alpha value is -2.14. The van der Waals surface area contributed by atoms with Gasteiger partial charge in [-0.05, 0) is 36.1 Å². The minimum Gasteiger partial charge on any atom is -0.437 e. The number of aldehydes is 1. The third-order valence-corrected chi connectivity index (χ3v) is 4.21. The van der Waals surface area contributed by atoms with Gasteiger partial charge in [0.05, 0.1) is 0 Å². The number of nitrogens with zero attached hydrogens (tertiary/aromatic N) is 2. The van der Waals surface area contributed by atoms with Crippen LogP contribution in [0.5, 0.6) is 11.6 Å². The fourth-order valence-electron chi connectivity index (χ4n) is 2.44. The van der Waals surface area contributed by atoms with Gasteiger partial charge in [-0.25, -0.2) is 0 Å². The molecule has 21 heavy (non-hydrogen) atoms. The molecular formula is C16H16N2O2S. The Balaban J connectivity index is 1.96. The molecule has 4 nitrogen and oxygen atoms in total. The number of aryl methyl sites for hydroxylation is 1. The fourth-order valence-corrected chi connectivity index (χ4v) is 3.15. The van der Waals surface area contributed by atoms with Gasteiger partial charge in [-0.1, -0.05) is 19.9 Å². The first-order chi connectivity index (χ1) is 10.1. The zero-order valence-electron chi connectivity index (χ0n) is 12.2. The molecule has 0 spiro atoms. The maximum atomic E-state index is 11.3. The van der Waals surface area contributed by atoms with E-state index in [-0.39, 0.29) is 0 Å². The summed E-state index contributed by atoms with van der Waals surface area (Å²) in [4.78, 5) is 16.4. The van der Waals surface area contributed by atoms with Crippen molar-refractivity contribution in [1.29, 1.82) is 0 Å². The Morgan fingerprint density at radius 3 is 2.86 bits per heavy atom. The molecule has 2 heterocycles. The maximum absolute atomic E-state index is 11.3. The SMILES string of the molecule is Cc1cc(Oc2nc3sccn3c2C=O)ccc1C(C)C. The van der Waals surface area contributed by atoms with Crippen LogP contribution in [-0.2, 0) is 0 Å². The summed E-state index contributed by atoms with van der Waals surface area (Å²) in [6, 6.07) is 5.97. The average molecular weight is 300 g/mol. The molecule has 0 bridgehead atoms. The Bertz CT molecular complexity index is 802. The number of rotatable bonds is 4. The number of carbonyl (C=O) groups is 1. The van der Waals surface area contributed by atoms with Crippen LogP contribution in [0.3, 0.4) is 0 Å². The first kappa shape index (κ1) is 13.8. The zero-order valence-corrected chi connectivity index (χ0v) is 13.0. The topological polar surface area (TPSA) is 43.6 Å². The predicted molar refractivity (Wildman–Crippen MR) is 83.8 cm³/mol. The van der Waals surface area contributed by atoms with Crippen molar-refractivity contribution in [2.75, 3.05) is 0 Å². The van der Waals surface area contributed by atoms with E-state index in [1.54, 1.807) is 4.40 Å². The lowest BCUT2D eigenvalue weighted by molar-refractivity contribution is 0.111. The fraction of sp³-hybridized carbons (Fsp3) is 0.250. The number of imidazole rings is 1. The highest BCUT2D eigenvalue weighted by Crippen LogP contribution is 2.29. The summed E-state index contributed by atoms with van der Waals surface area (Å²) in [5.41, 5.74) is 2.91. The molecule has 0 amide bonds. The second-order valence-corrected chi connectivity index (χ2v) is 6.12. The summed E-state index contributed by atoms with van der Waals surface area (Å²) in [5, 5.41) is 1.89. The molecule has 3 rings (SSSR count). The van der Waals surface area contributed by atoms with Crippen LogP contribution in [0.4, 0.5) is 0 Å². The molecule has 2 aromatic heterocycles. The van der Waals surface area contributed by atoms with Crippen LogP contribution in [0.2, 0.25) is 0 Å². The van der Waals surface area contributed by atoms with Crippen LogP contribution < -0.4 is 4.74 Å². The van der Waals surface area contributed by atoms with Gasteiger partial charge in [0.1, 0.15) is 5.75 Å². The van der Waals surface area contributed by atoms with Crippen LogP contribution in [0.1, 0.15) is 41.4 Å². The van der Waals surface area contributed by atoms with E-state index < -0.39 is 0 Å². The Morgan fingerprint density at radius 1 is 1.38 bits per heavy atom. The smallest absolute Gasteiger partial charge is 0.250 e. The second kappa shape index (κ2) is 5.33. The molecule has 0 saturated heterocycles. The van der Waals surface area contributed by atoms with Crippen molar-refractivity contribution in [1.82, 2.24) is 9.38 Å². The van der Waals surface area contributed by atoms with Gasteiger partial charge >= 0.3 is 0 Å². The predicted octanol–water partition coefficient (Wildman–Crippen LogP) is 4.43. The zero-order chi connectivity index (χ0) is 15.0. The standard InChI is InChI=1S/C16H16N2O2S/c1-10(2)13-5-4-12(8-11(13)3)20-15-14(9-19)18-6-7-21-16(18)17-15/h4-10H,1-3H3. The molecule has 0 atom stereocenters. The molecule has 0 unspecified atom stereocenters. The largest absolute Gasteiger partial charge is 0.437 e. The van der Waals surface area contributed by atoms with Crippen LogP contribution in [0.25, 0.3) is 4.96 Å². The summed E-state index contributed by atoms with van der Waals surface area (Å²) >= 11 is 1.47. The molecule has 1 aromatic carbocycles. The van der Waals surface area contributed by atoms with Gasteiger partial charge in [0, 0.05) is 11.6 Å². The summed E-state index contributed by atoms with van der Waals surface area (Å²) in [7, 11) is 0. The van der Waals surface area contributed by atoms with E-state index in [4.69, 9.17) is 4.74 Å². The van der Waals surface area contributed by atoms with E-state index in [0.717, 1.165) is 11.2 Å².